The maximum atomic E-state index is 13.5. The second-order valence-electron chi connectivity index (χ2n) is 9.27. The van der Waals surface area contributed by atoms with Crippen molar-refractivity contribution in [1.82, 2.24) is 9.66 Å². The molecule has 0 radical (unpaired) electrons. The van der Waals surface area contributed by atoms with Crippen LogP contribution in [-0.2, 0) is 12.0 Å². The lowest BCUT2D eigenvalue weighted by atomic mass is 9.95. The van der Waals surface area contributed by atoms with Crippen LogP contribution in [0.15, 0.2) is 75.0 Å². The minimum Gasteiger partial charge on any atom is -0.490 e. The molecule has 8 heteroatoms. The minimum absolute atomic E-state index is 0.202. The molecule has 1 aromatic heterocycles. The van der Waals surface area contributed by atoms with Crippen molar-refractivity contribution in [2.75, 3.05) is 6.61 Å². The SMILES string of the molecule is CCOc1cc(C=Nn2c(C(C)(C)C)nc3ccc(Br)cc3c2=O)ccc1OCc1cccc(F)c1. The Labute approximate surface area is 217 Å². The number of hydrogen-bond acceptors (Lipinski definition) is 5. The summed E-state index contributed by atoms with van der Waals surface area (Å²) in [5.41, 5.74) is 1.40. The fourth-order valence-corrected chi connectivity index (χ4v) is 4.01. The highest BCUT2D eigenvalue weighted by atomic mass is 79.9. The van der Waals surface area contributed by atoms with E-state index >= 15 is 0 Å². The standard InChI is InChI=1S/C28H27BrFN3O3/c1-5-35-25-14-18(9-12-24(25)36-17-19-7-6-8-21(30)13-19)16-31-33-26(34)22-15-20(29)10-11-23(22)32-27(33)28(2,3)4/h6-16H,5,17H2,1-4H3. The topological polar surface area (TPSA) is 65.7 Å². The summed E-state index contributed by atoms with van der Waals surface area (Å²) in [5.74, 6) is 1.30. The first-order chi connectivity index (χ1) is 17.2. The van der Waals surface area contributed by atoms with E-state index in [-0.39, 0.29) is 18.0 Å². The molecule has 0 fully saturated rings. The van der Waals surface area contributed by atoms with E-state index in [0.717, 1.165) is 10.0 Å². The van der Waals surface area contributed by atoms with E-state index < -0.39 is 5.41 Å². The summed E-state index contributed by atoms with van der Waals surface area (Å²) >= 11 is 3.43. The van der Waals surface area contributed by atoms with E-state index in [0.29, 0.717) is 40.4 Å². The summed E-state index contributed by atoms with van der Waals surface area (Å²) in [7, 11) is 0. The van der Waals surface area contributed by atoms with Crippen molar-refractivity contribution in [3.8, 4) is 11.5 Å². The van der Waals surface area contributed by atoms with Crippen LogP contribution < -0.4 is 15.0 Å². The monoisotopic (exact) mass is 551 g/mol. The van der Waals surface area contributed by atoms with Gasteiger partial charge >= 0.3 is 0 Å². The Hall–Kier alpha value is -3.52. The van der Waals surface area contributed by atoms with Crippen molar-refractivity contribution >= 4 is 33.0 Å². The van der Waals surface area contributed by atoms with E-state index in [1.54, 1.807) is 36.5 Å². The van der Waals surface area contributed by atoms with E-state index in [1.807, 2.05) is 45.9 Å². The first-order valence-electron chi connectivity index (χ1n) is 11.6. The van der Waals surface area contributed by atoms with Crippen molar-refractivity contribution in [2.45, 2.75) is 39.7 Å². The van der Waals surface area contributed by atoms with Crippen LogP contribution in [-0.4, -0.2) is 22.5 Å². The normalized spacial score (nSPS) is 11.8. The number of fused-ring (bicyclic) bond motifs is 1. The van der Waals surface area contributed by atoms with Crippen LogP contribution >= 0.6 is 15.9 Å². The molecule has 4 rings (SSSR count). The quantitative estimate of drug-likeness (QED) is 0.247. The third-order valence-electron chi connectivity index (χ3n) is 5.35. The number of aromatic nitrogens is 2. The summed E-state index contributed by atoms with van der Waals surface area (Å²) in [6.07, 6.45) is 1.60. The molecule has 0 saturated carbocycles. The van der Waals surface area contributed by atoms with Gasteiger partial charge in [-0.05, 0) is 66.6 Å². The molecule has 4 aromatic rings. The molecule has 0 unspecified atom stereocenters. The third kappa shape index (κ3) is 5.82. The van der Waals surface area contributed by atoms with Crippen LogP contribution in [0, 0.1) is 5.82 Å². The molecule has 0 amide bonds. The van der Waals surface area contributed by atoms with E-state index in [4.69, 9.17) is 14.5 Å². The molecule has 0 spiro atoms. The molecular weight excluding hydrogens is 525 g/mol. The Morgan fingerprint density at radius 2 is 1.86 bits per heavy atom. The van der Waals surface area contributed by atoms with Gasteiger partial charge in [0.05, 0.1) is 23.7 Å². The van der Waals surface area contributed by atoms with Crippen molar-refractivity contribution in [1.29, 1.82) is 0 Å². The predicted octanol–water partition coefficient (Wildman–Crippen LogP) is 6.46. The number of halogens is 2. The second kappa shape index (κ2) is 10.6. The number of rotatable bonds is 7. The van der Waals surface area contributed by atoms with Crippen LogP contribution in [0.3, 0.4) is 0 Å². The van der Waals surface area contributed by atoms with Gasteiger partial charge in [-0.1, -0.05) is 48.8 Å². The second-order valence-corrected chi connectivity index (χ2v) is 10.2. The molecule has 0 N–H and O–H groups in total. The Morgan fingerprint density at radius 1 is 1.06 bits per heavy atom. The minimum atomic E-state index is -0.414. The lowest BCUT2D eigenvalue weighted by molar-refractivity contribution is 0.269. The van der Waals surface area contributed by atoms with Crippen LogP contribution in [0.1, 0.15) is 44.6 Å². The average molecular weight is 552 g/mol. The maximum Gasteiger partial charge on any atom is 0.282 e. The number of ether oxygens (including phenoxy) is 2. The molecule has 0 saturated heterocycles. The van der Waals surface area contributed by atoms with Crippen LogP contribution in [0.2, 0.25) is 0 Å². The molecule has 0 aliphatic heterocycles. The van der Waals surface area contributed by atoms with Gasteiger partial charge in [0.25, 0.3) is 5.56 Å². The maximum absolute atomic E-state index is 13.5. The first-order valence-corrected chi connectivity index (χ1v) is 12.4. The molecule has 186 valence electrons. The first kappa shape index (κ1) is 25.6. The molecule has 0 atom stereocenters. The van der Waals surface area contributed by atoms with E-state index in [2.05, 4.69) is 21.0 Å². The highest BCUT2D eigenvalue weighted by molar-refractivity contribution is 9.10. The molecular formula is C28H27BrFN3O3. The zero-order valence-corrected chi connectivity index (χ0v) is 22.2. The molecule has 0 bridgehead atoms. The third-order valence-corrected chi connectivity index (χ3v) is 5.85. The summed E-state index contributed by atoms with van der Waals surface area (Å²) in [5, 5.41) is 5.00. The molecule has 3 aromatic carbocycles. The van der Waals surface area contributed by atoms with Crippen molar-refractivity contribution < 1.29 is 13.9 Å². The molecule has 36 heavy (non-hydrogen) atoms. The molecule has 1 heterocycles. The number of hydrogen-bond donors (Lipinski definition) is 0. The Morgan fingerprint density at radius 3 is 2.58 bits per heavy atom. The van der Waals surface area contributed by atoms with Crippen LogP contribution in [0.5, 0.6) is 11.5 Å². The summed E-state index contributed by atoms with van der Waals surface area (Å²) in [6.45, 7) is 8.49. The van der Waals surface area contributed by atoms with Gasteiger partial charge in [-0.15, -0.1) is 0 Å². The Balaban J connectivity index is 1.68. The summed E-state index contributed by atoms with van der Waals surface area (Å²) in [4.78, 5) is 18.1. The zero-order valence-electron chi connectivity index (χ0n) is 20.6. The van der Waals surface area contributed by atoms with Gasteiger partial charge in [0.2, 0.25) is 0 Å². The van der Waals surface area contributed by atoms with Gasteiger partial charge in [0.1, 0.15) is 18.2 Å². The highest BCUT2D eigenvalue weighted by Gasteiger charge is 2.23. The summed E-state index contributed by atoms with van der Waals surface area (Å²) < 4.78 is 27.3. The van der Waals surface area contributed by atoms with Crippen LogP contribution in [0.4, 0.5) is 4.39 Å². The van der Waals surface area contributed by atoms with Gasteiger partial charge in [0.15, 0.2) is 11.5 Å². The van der Waals surface area contributed by atoms with E-state index in [1.165, 1.54) is 16.8 Å². The van der Waals surface area contributed by atoms with Gasteiger partial charge in [-0.2, -0.15) is 9.78 Å². The van der Waals surface area contributed by atoms with Crippen molar-refractivity contribution in [2.24, 2.45) is 5.10 Å². The fourth-order valence-electron chi connectivity index (χ4n) is 3.65. The number of benzene rings is 3. The highest BCUT2D eigenvalue weighted by Crippen LogP contribution is 2.29. The summed E-state index contributed by atoms with van der Waals surface area (Å²) in [6, 6.07) is 17.1. The van der Waals surface area contributed by atoms with Crippen molar-refractivity contribution in [3.63, 3.8) is 0 Å². The van der Waals surface area contributed by atoms with Gasteiger partial charge in [0, 0.05) is 9.89 Å². The van der Waals surface area contributed by atoms with Crippen LogP contribution in [0.25, 0.3) is 10.9 Å². The zero-order chi connectivity index (χ0) is 25.9. The predicted molar refractivity (Wildman–Crippen MR) is 144 cm³/mol. The van der Waals surface area contributed by atoms with Crippen molar-refractivity contribution in [3.05, 3.63) is 98.3 Å². The molecule has 0 aliphatic carbocycles. The molecule has 6 nitrogen and oxygen atoms in total. The Bertz CT molecular complexity index is 1490. The average Bonchev–Trinajstić information content (AvgIpc) is 2.83. The fraction of sp³-hybridized carbons (Fsp3) is 0.250. The molecule has 0 aliphatic rings. The largest absolute Gasteiger partial charge is 0.490 e. The van der Waals surface area contributed by atoms with Gasteiger partial charge in [-0.25, -0.2) is 9.37 Å². The Kier molecular flexibility index (Phi) is 7.54. The van der Waals surface area contributed by atoms with Gasteiger partial charge < -0.3 is 9.47 Å². The lowest BCUT2D eigenvalue weighted by Crippen LogP contribution is -2.29. The lowest BCUT2D eigenvalue weighted by Gasteiger charge is -2.21. The number of nitrogens with zero attached hydrogens (tertiary/aromatic N) is 3. The van der Waals surface area contributed by atoms with E-state index in [9.17, 15) is 9.18 Å². The smallest absolute Gasteiger partial charge is 0.282 e. The van der Waals surface area contributed by atoms with Gasteiger partial charge in [-0.3, -0.25) is 4.79 Å².